The van der Waals surface area contributed by atoms with Crippen molar-refractivity contribution in [1.29, 1.82) is 0 Å². The monoisotopic (exact) mass is 372 g/mol. The first kappa shape index (κ1) is 18.0. The fourth-order valence-corrected chi connectivity index (χ4v) is 2.10. The molecule has 22 heavy (non-hydrogen) atoms. The van der Waals surface area contributed by atoms with Crippen molar-refractivity contribution >= 4 is 33.4 Å². The molecule has 1 aromatic carbocycles. The molecule has 1 aromatic rings. The number of halogens is 1. The van der Waals surface area contributed by atoms with Crippen molar-refractivity contribution in [3.8, 4) is 11.5 Å². The van der Waals surface area contributed by atoms with E-state index >= 15 is 0 Å². The highest BCUT2D eigenvalue weighted by atomic mass is 79.9. The number of rotatable bonds is 7. The lowest BCUT2D eigenvalue weighted by Crippen LogP contribution is -2.13. The van der Waals surface area contributed by atoms with Crippen LogP contribution in [0.4, 0.5) is 0 Å². The molecule has 0 aliphatic heterocycles. The van der Waals surface area contributed by atoms with E-state index in [0.717, 1.165) is 13.2 Å². The Morgan fingerprint density at radius 2 is 1.77 bits per heavy atom. The Kier molecular flexibility index (Phi) is 6.91. The molecular formula is C15H17BrO6. The maximum absolute atomic E-state index is 11.5. The summed E-state index contributed by atoms with van der Waals surface area (Å²) in [6.07, 6.45) is 0.788. The number of benzene rings is 1. The van der Waals surface area contributed by atoms with E-state index in [-0.39, 0.29) is 5.56 Å². The highest BCUT2D eigenvalue weighted by molar-refractivity contribution is 9.10. The predicted molar refractivity (Wildman–Crippen MR) is 84.1 cm³/mol. The number of hydrogen-bond donors (Lipinski definition) is 1. The quantitative estimate of drug-likeness (QED) is 0.343. The minimum absolute atomic E-state index is 0.259. The number of ether oxygens (including phenoxy) is 3. The van der Waals surface area contributed by atoms with Gasteiger partial charge in [-0.25, -0.2) is 4.79 Å². The van der Waals surface area contributed by atoms with Crippen molar-refractivity contribution in [2.45, 2.75) is 13.8 Å². The summed E-state index contributed by atoms with van der Waals surface area (Å²) in [7, 11) is 1.09. The van der Waals surface area contributed by atoms with Crippen LogP contribution in [0.1, 0.15) is 19.4 Å². The molecule has 0 unspecified atom stereocenters. The maximum atomic E-state index is 11.5. The van der Waals surface area contributed by atoms with Gasteiger partial charge >= 0.3 is 5.97 Å². The number of aliphatic hydroxyl groups excluding tert-OH is 1. The molecule has 1 rings (SSSR count). The fraction of sp³-hybridized carbons (Fsp3) is 0.333. The molecule has 0 fully saturated rings. The standard InChI is InChI=1S/C15H17BrO6/c1-4-21-13-8-14(22-5-2)10(16)6-9(13)11(17)7-12(18)15(19)20-3/h6-8,17H,4-5H2,1-3H3. The highest BCUT2D eigenvalue weighted by Gasteiger charge is 2.17. The Morgan fingerprint density at radius 1 is 1.18 bits per heavy atom. The van der Waals surface area contributed by atoms with Gasteiger partial charge in [0.2, 0.25) is 0 Å². The van der Waals surface area contributed by atoms with E-state index in [2.05, 4.69) is 20.7 Å². The van der Waals surface area contributed by atoms with E-state index in [1.54, 1.807) is 19.1 Å². The van der Waals surface area contributed by atoms with E-state index in [0.29, 0.717) is 29.2 Å². The molecule has 0 aromatic heterocycles. The van der Waals surface area contributed by atoms with Gasteiger partial charge < -0.3 is 19.3 Å². The molecule has 1 N–H and O–H groups in total. The molecule has 120 valence electrons. The van der Waals surface area contributed by atoms with E-state index in [1.165, 1.54) is 0 Å². The van der Waals surface area contributed by atoms with Crippen molar-refractivity contribution in [1.82, 2.24) is 0 Å². The van der Waals surface area contributed by atoms with Crippen molar-refractivity contribution in [3.05, 3.63) is 28.2 Å². The number of methoxy groups -OCH3 is 1. The minimum Gasteiger partial charge on any atom is -0.507 e. The number of esters is 1. The highest BCUT2D eigenvalue weighted by Crippen LogP contribution is 2.36. The predicted octanol–water partition coefficient (Wildman–Crippen LogP) is 2.89. The molecule has 0 heterocycles. The first-order valence-electron chi connectivity index (χ1n) is 6.57. The molecule has 0 atom stereocenters. The normalized spacial score (nSPS) is 11.0. The number of carbonyl (C=O) groups excluding carboxylic acids is 2. The van der Waals surface area contributed by atoms with Gasteiger partial charge in [-0.1, -0.05) is 0 Å². The number of carbonyl (C=O) groups is 2. The van der Waals surface area contributed by atoms with Crippen LogP contribution in [0.5, 0.6) is 11.5 Å². The molecule has 0 amide bonds. The first-order chi connectivity index (χ1) is 10.4. The smallest absolute Gasteiger partial charge is 0.378 e. The van der Waals surface area contributed by atoms with Gasteiger partial charge in [-0.05, 0) is 35.8 Å². The molecule has 0 bridgehead atoms. The average molecular weight is 373 g/mol. The Balaban J connectivity index is 3.26. The topological polar surface area (TPSA) is 82.1 Å². The summed E-state index contributed by atoms with van der Waals surface area (Å²) in [5.74, 6) is -1.55. The molecule has 0 saturated heterocycles. The van der Waals surface area contributed by atoms with Crippen LogP contribution in [0.3, 0.4) is 0 Å². The molecular weight excluding hydrogens is 356 g/mol. The Morgan fingerprint density at radius 3 is 2.32 bits per heavy atom. The summed E-state index contributed by atoms with van der Waals surface area (Å²) < 4.78 is 15.7. The summed E-state index contributed by atoms with van der Waals surface area (Å²) in [6, 6.07) is 3.14. The van der Waals surface area contributed by atoms with Crippen molar-refractivity contribution < 1.29 is 28.9 Å². The summed E-state index contributed by atoms with van der Waals surface area (Å²) in [5.41, 5.74) is 0.259. The van der Waals surface area contributed by atoms with E-state index in [9.17, 15) is 14.7 Å². The van der Waals surface area contributed by atoms with Gasteiger partial charge in [0, 0.05) is 12.1 Å². The van der Waals surface area contributed by atoms with Crippen LogP contribution in [-0.2, 0) is 14.3 Å². The third kappa shape index (κ3) is 4.49. The fourth-order valence-electron chi connectivity index (χ4n) is 1.64. The second-order valence-electron chi connectivity index (χ2n) is 4.03. The third-order valence-electron chi connectivity index (χ3n) is 2.56. The zero-order valence-corrected chi connectivity index (χ0v) is 14.1. The van der Waals surface area contributed by atoms with Gasteiger partial charge in [-0.2, -0.15) is 0 Å². The van der Waals surface area contributed by atoms with Crippen LogP contribution in [0.25, 0.3) is 5.76 Å². The van der Waals surface area contributed by atoms with E-state index in [4.69, 9.17) is 9.47 Å². The molecule has 6 nitrogen and oxygen atoms in total. The molecule has 0 saturated carbocycles. The molecule has 0 radical (unpaired) electrons. The molecule has 0 aliphatic rings. The minimum atomic E-state index is -1.06. The first-order valence-corrected chi connectivity index (χ1v) is 7.36. The van der Waals surface area contributed by atoms with Gasteiger partial charge in [0.1, 0.15) is 17.3 Å². The van der Waals surface area contributed by atoms with Crippen LogP contribution in [-0.4, -0.2) is 37.2 Å². The van der Waals surface area contributed by atoms with Gasteiger partial charge in [0.05, 0.1) is 30.4 Å². The lowest BCUT2D eigenvalue weighted by atomic mass is 10.1. The number of ketones is 1. The van der Waals surface area contributed by atoms with Crippen LogP contribution >= 0.6 is 15.9 Å². The van der Waals surface area contributed by atoms with Crippen LogP contribution in [0.15, 0.2) is 22.7 Å². The zero-order chi connectivity index (χ0) is 16.7. The molecule has 0 spiro atoms. The van der Waals surface area contributed by atoms with Gasteiger partial charge in [0.25, 0.3) is 5.78 Å². The van der Waals surface area contributed by atoms with Crippen molar-refractivity contribution in [2.75, 3.05) is 20.3 Å². The summed E-state index contributed by atoms with van der Waals surface area (Å²) in [6.45, 7) is 4.45. The van der Waals surface area contributed by atoms with Gasteiger partial charge in [-0.3, -0.25) is 4.79 Å². The SMILES string of the molecule is CCOc1cc(OCC)c(C(O)=CC(=O)C(=O)OC)cc1Br. The van der Waals surface area contributed by atoms with Crippen molar-refractivity contribution in [3.63, 3.8) is 0 Å². The number of hydrogen-bond acceptors (Lipinski definition) is 6. The van der Waals surface area contributed by atoms with Gasteiger partial charge in [0.15, 0.2) is 0 Å². The third-order valence-corrected chi connectivity index (χ3v) is 3.18. The Bertz CT molecular complexity index is 594. The lowest BCUT2D eigenvalue weighted by Gasteiger charge is -2.13. The summed E-state index contributed by atoms with van der Waals surface area (Å²) in [4.78, 5) is 22.6. The summed E-state index contributed by atoms with van der Waals surface area (Å²) >= 11 is 3.32. The largest absolute Gasteiger partial charge is 0.507 e. The zero-order valence-electron chi connectivity index (χ0n) is 12.5. The lowest BCUT2D eigenvalue weighted by molar-refractivity contribution is -0.149. The summed E-state index contributed by atoms with van der Waals surface area (Å²) in [5, 5.41) is 10.1. The Hall–Kier alpha value is -2.02. The maximum Gasteiger partial charge on any atom is 0.378 e. The second kappa shape index (κ2) is 8.43. The van der Waals surface area contributed by atoms with E-state index in [1.807, 2.05) is 6.92 Å². The number of aliphatic hydroxyl groups is 1. The van der Waals surface area contributed by atoms with Crippen LogP contribution in [0.2, 0.25) is 0 Å². The molecule has 7 heteroatoms. The van der Waals surface area contributed by atoms with Crippen LogP contribution < -0.4 is 9.47 Å². The molecule has 0 aliphatic carbocycles. The Labute approximate surface area is 136 Å². The average Bonchev–Trinajstić information content (AvgIpc) is 2.49. The van der Waals surface area contributed by atoms with E-state index < -0.39 is 17.5 Å². The van der Waals surface area contributed by atoms with Crippen molar-refractivity contribution in [2.24, 2.45) is 0 Å². The van der Waals surface area contributed by atoms with Crippen LogP contribution in [0, 0.1) is 0 Å². The van der Waals surface area contributed by atoms with Gasteiger partial charge in [-0.15, -0.1) is 0 Å². The second-order valence-corrected chi connectivity index (χ2v) is 4.88.